The molecule has 1 saturated heterocycles. The highest BCUT2D eigenvalue weighted by Gasteiger charge is 2.22. The van der Waals surface area contributed by atoms with Crippen LogP contribution in [0.3, 0.4) is 0 Å². The van der Waals surface area contributed by atoms with E-state index in [4.69, 9.17) is 0 Å². The van der Waals surface area contributed by atoms with E-state index in [0.29, 0.717) is 5.92 Å². The largest absolute Gasteiger partial charge is 0.338 e. The molecular weight excluding hydrogens is 196 g/mol. The Kier molecular flexibility index (Phi) is 2.82. The zero-order valence-electron chi connectivity index (χ0n) is 8.27. The van der Waals surface area contributed by atoms with Crippen LogP contribution in [-0.4, -0.2) is 28.9 Å². The molecule has 1 fully saturated rings. The number of piperidine rings is 1. The van der Waals surface area contributed by atoms with Crippen LogP contribution in [0, 0.1) is 5.92 Å². The summed E-state index contributed by atoms with van der Waals surface area (Å²) in [5.74, 6) is 0.791. The molecule has 0 aromatic carbocycles. The fourth-order valence-electron chi connectivity index (χ4n) is 1.85. The van der Waals surface area contributed by atoms with Crippen LogP contribution >= 0.6 is 11.3 Å². The smallest absolute Gasteiger partial charge is 0.265 e. The molecule has 14 heavy (non-hydrogen) atoms. The van der Waals surface area contributed by atoms with Gasteiger partial charge in [0, 0.05) is 13.1 Å². The van der Waals surface area contributed by atoms with Crippen LogP contribution in [0.25, 0.3) is 0 Å². The minimum Gasteiger partial charge on any atom is -0.338 e. The monoisotopic (exact) mass is 210 g/mol. The summed E-state index contributed by atoms with van der Waals surface area (Å²) >= 11 is 1.42. The number of thiazole rings is 1. The molecular formula is C10H14N2OS. The lowest BCUT2D eigenvalue weighted by atomic mass is 10.0. The lowest BCUT2D eigenvalue weighted by Crippen LogP contribution is -2.38. The second-order valence-corrected chi connectivity index (χ2v) is 4.75. The van der Waals surface area contributed by atoms with Crippen molar-refractivity contribution in [3.05, 3.63) is 16.6 Å². The first-order valence-electron chi connectivity index (χ1n) is 4.95. The molecule has 3 nitrogen and oxygen atoms in total. The summed E-state index contributed by atoms with van der Waals surface area (Å²) in [5, 5.41) is 0. The van der Waals surface area contributed by atoms with Crippen LogP contribution in [0.2, 0.25) is 0 Å². The topological polar surface area (TPSA) is 33.2 Å². The molecule has 1 atom stereocenters. The van der Waals surface area contributed by atoms with Gasteiger partial charge in [-0.15, -0.1) is 11.3 Å². The third-order valence-corrected chi connectivity index (χ3v) is 3.35. The highest BCUT2D eigenvalue weighted by molar-refractivity contribution is 7.11. The van der Waals surface area contributed by atoms with E-state index >= 15 is 0 Å². The Morgan fingerprint density at radius 2 is 2.57 bits per heavy atom. The first kappa shape index (κ1) is 9.65. The molecule has 0 spiro atoms. The predicted molar refractivity (Wildman–Crippen MR) is 56.4 cm³/mol. The van der Waals surface area contributed by atoms with Crippen molar-refractivity contribution in [3.63, 3.8) is 0 Å². The molecule has 1 amide bonds. The molecule has 1 aromatic rings. The van der Waals surface area contributed by atoms with E-state index < -0.39 is 0 Å². The lowest BCUT2D eigenvalue weighted by Gasteiger charge is -2.30. The minimum atomic E-state index is 0.152. The van der Waals surface area contributed by atoms with Crippen molar-refractivity contribution in [1.29, 1.82) is 0 Å². The van der Waals surface area contributed by atoms with Crippen molar-refractivity contribution >= 4 is 17.2 Å². The fourth-order valence-corrected chi connectivity index (χ4v) is 2.44. The maximum Gasteiger partial charge on any atom is 0.265 e. The third kappa shape index (κ3) is 1.95. The van der Waals surface area contributed by atoms with Gasteiger partial charge in [0.1, 0.15) is 4.88 Å². The van der Waals surface area contributed by atoms with E-state index in [1.165, 1.54) is 17.8 Å². The van der Waals surface area contributed by atoms with Crippen molar-refractivity contribution in [2.75, 3.05) is 13.1 Å². The number of nitrogens with zero attached hydrogens (tertiary/aromatic N) is 2. The Morgan fingerprint density at radius 1 is 1.71 bits per heavy atom. The van der Waals surface area contributed by atoms with Crippen LogP contribution in [-0.2, 0) is 0 Å². The van der Waals surface area contributed by atoms with Gasteiger partial charge in [-0.2, -0.15) is 0 Å². The molecule has 0 aliphatic carbocycles. The Balaban J connectivity index is 2.04. The van der Waals surface area contributed by atoms with Crippen molar-refractivity contribution < 1.29 is 4.79 Å². The molecule has 2 rings (SSSR count). The van der Waals surface area contributed by atoms with Gasteiger partial charge in [0.15, 0.2) is 0 Å². The second kappa shape index (κ2) is 4.09. The number of hydrogen-bond donors (Lipinski definition) is 0. The van der Waals surface area contributed by atoms with Gasteiger partial charge >= 0.3 is 0 Å². The summed E-state index contributed by atoms with van der Waals surface area (Å²) in [6, 6.07) is 0. The Bertz CT molecular complexity index is 310. The maximum atomic E-state index is 11.9. The summed E-state index contributed by atoms with van der Waals surface area (Å²) in [5.41, 5.74) is 1.71. The normalized spacial score (nSPS) is 22.4. The summed E-state index contributed by atoms with van der Waals surface area (Å²) in [4.78, 5) is 18.5. The zero-order valence-corrected chi connectivity index (χ0v) is 9.09. The number of hydrogen-bond acceptors (Lipinski definition) is 3. The highest BCUT2D eigenvalue weighted by Crippen LogP contribution is 2.18. The molecule has 0 N–H and O–H groups in total. The first-order chi connectivity index (χ1) is 6.77. The van der Waals surface area contributed by atoms with Gasteiger partial charge in [-0.25, -0.2) is 0 Å². The standard InChI is InChI=1S/C10H14N2OS/c1-8-3-2-4-12(6-8)10(13)9-5-11-7-14-9/h5,7-8H,2-4,6H2,1H3. The van der Waals surface area contributed by atoms with Gasteiger partial charge in [-0.3, -0.25) is 9.78 Å². The summed E-state index contributed by atoms with van der Waals surface area (Å²) in [6.07, 6.45) is 4.03. The number of likely N-dealkylation sites (tertiary alicyclic amines) is 1. The van der Waals surface area contributed by atoms with E-state index in [9.17, 15) is 4.79 Å². The Labute approximate surface area is 87.8 Å². The molecule has 2 heterocycles. The van der Waals surface area contributed by atoms with Gasteiger partial charge in [0.05, 0.1) is 11.7 Å². The zero-order chi connectivity index (χ0) is 9.97. The summed E-state index contributed by atoms with van der Waals surface area (Å²) < 4.78 is 0. The van der Waals surface area contributed by atoms with Gasteiger partial charge in [0.2, 0.25) is 0 Å². The summed E-state index contributed by atoms with van der Waals surface area (Å²) in [7, 11) is 0. The predicted octanol–water partition coefficient (Wildman–Crippen LogP) is 2.02. The SMILES string of the molecule is CC1CCCN(C(=O)c2cncs2)C1. The third-order valence-electron chi connectivity index (χ3n) is 2.59. The van der Waals surface area contributed by atoms with Gasteiger partial charge < -0.3 is 4.90 Å². The van der Waals surface area contributed by atoms with Gasteiger partial charge in [-0.05, 0) is 18.8 Å². The van der Waals surface area contributed by atoms with Crippen LogP contribution in [0.4, 0.5) is 0 Å². The van der Waals surface area contributed by atoms with E-state index in [-0.39, 0.29) is 5.91 Å². The highest BCUT2D eigenvalue weighted by atomic mass is 32.1. The van der Waals surface area contributed by atoms with Crippen molar-refractivity contribution in [2.45, 2.75) is 19.8 Å². The van der Waals surface area contributed by atoms with E-state index in [1.54, 1.807) is 11.7 Å². The van der Waals surface area contributed by atoms with Crippen LogP contribution in [0.1, 0.15) is 29.4 Å². The number of amides is 1. The average Bonchev–Trinajstić information content (AvgIpc) is 2.69. The summed E-state index contributed by atoms with van der Waals surface area (Å²) in [6.45, 7) is 4.00. The van der Waals surface area contributed by atoms with Crippen molar-refractivity contribution in [3.8, 4) is 0 Å². The molecule has 1 aliphatic heterocycles. The lowest BCUT2D eigenvalue weighted by molar-refractivity contribution is 0.0688. The number of aromatic nitrogens is 1. The van der Waals surface area contributed by atoms with Gasteiger partial charge in [0.25, 0.3) is 5.91 Å². The van der Waals surface area contributed by atoms with Crippen LogP contribution in [0.5, 0.6) is 0 Å². The molecule has 4 heteroatoms. The molecule has 0 saturated carbocycles. The quantitative estimate of drug-likeness (QED) is 0.710. The average molecular weight is 210 g/mol. The maximum absolute atomic E-state index is 11.9. The van der Waals surface area contributed by atoms with Crippen LogP contribution < -0.4 is 0 Å². The molecule has 1 aliphatic rings. The molecule has 1 aromatic heterocycles. The minimum absolute atomic E-state index is 0.152. The van der Waals surface area contributed by atoms with Crippen molar-refractivity contribution in [2.24, 2.45) is 5.92 Å². The second-order valence-electron chi connectivity index (χ2n) is 3.86. The van der Waals surface area contributed by atoms with Crippen LogP contribution in [0.15, 0.2) is 11.7 Å². The Morgan fingerprint density at radius 3 is 3.21 bits per heavy atom. The van der Waals surface area contributed by atoms with E-state index in [1.807, 2.05) is 4.90 Å². The number of carbonyl (C=O) groups is 1. The number of carbonyl (C=O) groups excluding carboxylic acids is 1. The molecule has 1 unspecified atom stereocenters. The molecule has 0 radical (unpaired) electrons. The number of rotatable bonds is 1. The van der Waals surface area contributed by atoms with Gasteiger partial charge in [-0.1, -0.05) is 6.92 Å². The molecule has 76 valence electrons. The fraction of sp³-hybridized carbons (Fsp3) is 0.600. The van der Waals surface area contributed by atoms with E-state index in [2.05, 4.69) is 11.9 Å². The first-order valence-corrected chi connectivity index (χ1v) is 5.83. The Hall–Kier alpha value is -0.900. The molecule has 0 bridgehead atoms. The van der Waals surface area contributed by atoms with Crippen molar-refractivity contribution in [1.82, 2.24) is 9.88 Å². The van der Waals surface area contributed by atoms with E-state index in [0.717, 1.165) is 24.4 Å².